The third-order valence-electron chi connectivity index (χ3n) is 2.47. The second-order valence-corrected chi connectivity index (χ2v) is 3.52. The Bertz CT molecular complexity index is 401. The Hall–Kier alpha value is -1.83. The fourth-order valence-corrected chi connectivity index (χ4v) is 1.56. The van der Waals surface area contributed by atoms with Gasteiger partial charge in [0.2, 0.25) is 0 Å². The number of benzene rings is 1. The molecule has 1 atom stereocenters. The van der Waals surface area contributed by atoms with Crippen LogP contribution in [-0.2, 0) is 16.0 Å². The highest BCUT2D eigenvalue weighted by atomic mass is 16.5. The lowest BCUT2D eigenvalue weighted by Crippen LogP contribution is -2.10. The molecule has 1 heterocycles. The maximum atomic E-state index is 11.2. The standard InChI is InChI=1S/C13H12O2/c1-2-10-3-5-11(6-4-10)9-12-7-8-15-13(12)14/h2-8,12H,1,9H2. The van der Waals surface area contributed by atoms with Crippen molar-refractivity contribution in [3.05, 3.63) is 54.3 Å². The Labute approximate surface area is 88.9 Å². The van der Waals surface area contributed by atoms with E-state index in [1.54, 1.807) is 12.2 Å². The van der Waals surface area contributed by atoms with Crippen LogP contribution in [0, 0.1) is 5.92 Å². The van der Waals surface area contributed by atoms with E-state index < -0.39 is 0 Å². The molecular formula is C13H12O2. The fraction of sp³-hybridized carbons (Fsp3) is 0.154. The van der Waals surface area contributed by atoms with E-state index in [-0.39, 0.29) is 11.9 Å². The SMILES string of the molecule is C=Cc1ccc(CC2C=COC2=O)cc1. The molecule has 0 radical (unpaired) electrons. The van der Waals surface area contributed by atoms with E-state index in [2.05, 4.69) is 6.58 Å². The predicted molar refractivity (Wildman–Crippen MR) is 59.0 cm³/mol. The van der Waals surface area contributed by atoms with E-state index >= 15 is 0 Å². The molecule has 1 aromatic carbocycles. The minimum atomic E-state index is -0.164. The zero-order chi connectivity index (χ0) is 10.7. The van der Waals surface area contributed by atoms with E-state index in [9.17, 15) is 4.79 Å². The van der Waals surface area contributed by atoms with E-state index in [0.717, 1.165) is 11.1 Å². The quantitative estimate of drug-likeness (QED) is 0.701. The van der Waals surface area contributed by atoms with Crippen molar-refractivity contribution in [2.24, 2.45) is 5.92 Å². The lowest BCUT2D eigenvalue weighted by atomic mass is 9.99. The Morgan fingerprint density at radius 1 is 1.33 bits per heavy atom. The number of rotatable bonds is 3. The highest BCUT2D eigenvalue weighted by molar-refractivity contribution is 5.77. The Balaban J connectivity index is 2.07. The molecule has 0 saturated heterocycles. The summed E-state index contributed by atoms with van der Waals surface area (Å²) in [6, 6.07) is 8.01. The highest BCUT2D eigenvalue weighted by Gasteiger charge is 2.21. The van der Waals surface area contributed by atoms with Crippen molar-refractivity contribution in [3.63, 3.8) is 0 Å². The number of hydrogen-bond donors (Lipinski definition) is 0. The largest absolute Gasteiger partial charge is 0.434 e. The molecule has 1 aromatic rings. The zero-order valence-electron chi connectivity index (χ0n) is 8.35. The molecule has 15 heavy (non-hydrogen) atoms. The van der Waals surface area contributed by atoms with E-state index in [1.807, 2.05) is 24.3 Å². The Morgan fingerprint density at radius 3 is 2.60 bits per heavy atom. The molecule has 1 aliphatic rings. The van der Waals surface area contributed by atoms with Crippen molar-refractivity contribution in [3.8, 4) is 0 Å². The Kier molecular flexibility index (Phi) is 2.68. The van der Waals surface area contributed by atoms with Gasteiger partial charge in [-0.2, -0.15) is 0 Å². The van der Waals surface area contributed by atoms with Crippen LogP contribution in [-0.4, -0.2) is 5.97 Å². The van der Waals surface area contributed by atoms with Gasteiger partial charge in [-0.3, -0.25) is 4.79 Å². The first kappa shape index (κ1) is 9.71. The molecule has 0 bridgehead atoms. The van der Waals surface area contributed by atoms with Crippen molar-refractivity contribution < 1.29 is 9.53 Å². The number of cyclic esters (lactones) is 1. The summed E-state index contributed by atoms with van der Waals surface area (Å²) in [6.07, 6.45) is 5.76. The van der Waals surface area contributed by atoms with Crippen molar-refractivity contribution in [1.29, 1.82) is 0 Å². The minimum Gasteiger partial charge on any atom is -0.434 e. The molecule has 1 unspecified atom stereocenters. The smallest absolute Gasteiger partial charge is 0.318 e. The summed E-state index contributed by atoms with van der Waals surface area (Å²) in [5, 5.41) is 0. The van der Waals surface area contributed by atoms with Crippen LogP contribution in [0.25, 0.3) is 6.08 Å². The average molecular weight is 200 g/mol. The van der Waals surface area contributed by atoms with E-state index in [4.69, 9.17) is 4.74 Å². The normalized spacial score (nSPS) is 18.9. The van der Waals surface area contributed by atoms with Gasteiger partial charge in [-0.15, -0.1) is 0 Å². The summed E-state index contributed by atoms with van der Waals surface area (Å²) >= 11 is 0. The number of esters is 1. The molecule has 2 nitrogen and oxygen atoms in total. The van der Waals surface area contributed by atoms with Crippen LogP contribution in [0.5, 0.6) is 0 Å². The van der Waals surface area contributed by atoms with E-state index in [1.165, 1.54) is 6.26 Å². The first-order valence-electron chi connectivity index (χ1n) is 4.88. The first-order valence-corrected chi connectivity index (χ1v) is 4.88. The highest BCUT2D eigenvalue weighted by Crippen LogP contribution is 2.17. The number of ether oxygens (including phenoxy) is 1. The van der Waals surface area contributed by atoms with Crippen LogP contribution < -0.4 is 0 Å². The molecule has 0 aromatic heterocycles. The molecule has 76 valence electrons. The maximum Gasteiger partial charge on any atom is 0.318 e. The molecule has 2 heteroatoms. The van der Waals surface area contributed by atoms with Crippen LogP contribution in [0.3, 0.4) is 0 Å². The number of carbonyl (C=O) groups is 1. The summed E-state index contributed by atoms with van der Waals surface area (Å²) in [5.74, 6) is -0.289. The van der Waals surface area contributed by atoms with Crippen LogP contribution in [0.4, 0.5) is 0 Å². The monoisotopic (exact) mass is 200 g/mol. The Morgan fingerprint density at radius 2 is 2.07 bits per heavy atom. The topological polar surface area (TPSA) is 26.3 Å². The number of hydrogen-bond acceptors (Lipinski definition) is 2. The molecule has 0 amide bonds. The van der Waals surface area contributed by atoms with Crippen LogP contribution in [0.2, 0.25) is 0 Å². The molecule has 0 N–H and O–H groups in total. The predicted octanol–water partition coefficient (Wildman–Crippen LogP) is 2.56. The van der Waals surface area contributed by atoms with Gasteiger partial charge in [0.25, 0.3) is 0 Å². The van der Waals surface area contributed by atoms with Crippen molar-refractivity contribution in [1.82, 2.24) is 0 Å². The lowest BCUT2D eigenvalue weighted by molar-refractivity contribution is -0.138. The molecular weight excluding hydrogens is 188 g/mol. The zero-order valence-corrected chi connectivity index (χ0v) is 8.35. The fourth-order valence-electron chi connectivity index (χ4n) is 1.56. The van der Waals surface area contributed by atoms with Crippen LogP contribution in [0.1, 0.15) is 11.1 Å². The second kappa shape index (κ2) is 4.13. The van der Waals surface area contributed by atoms with Gasteiger partial charge in [-0.1, -0.05) is 36.9 Å². The van der Waals surface area contributed by atoms with E-state index in [0.29, 0.717) is 6.42 Å². The van der Waals surface area contributed by atoms with Gasteiger partial charge in [0.1, 0.15) is 0 Å². The molecule has 0 saturated carbocycles. The van der Waals surface area contributed by atoms with Gasteiger partial charge in [0, 0.05) is 0 Å². The van der Waals surface area contributed by atoms with Crippen LogP contribution in [0.15, 0.2) is 43.2 Å². The van der Waals surface area contributed by atoms with Crippen molar-refractivity contribution in [2.75, 3.05) is 0 Å². The average Bonchev–Trinajstić information content (AvgIpc) is 2.66. The summed E-state index contributed by atoms with van der Waals surface area (Å²) in [5.41, 5.74) is 2.22. The minimum absolute atomic E-state index is 0.125. The van der Waals surface area contributed by atoms with Gasteiger partial charge in [0.05, 0.1) is 12.2 Å². The molecule has 2 rings (SSSR count). The van der Waals surface area contributed by atoms with Crippen LogP contribution >= 0.6 is 0 Å². The van der Waals surface area contributed by atoms with Gasteiger partial charge in [-0.25, -0.2) is 0 Å². The van der Waals surface area contributed by atoms with Crippen molar-refractivity contribution >= 4 is 12.0 Å². The molecule has 0 spiro atoms. The lowest BCUT2D eigenvalue weighted by Gasteiger charge is -2.05. The first-order chi connectivity index (χ1) is 7.29. The third-order valence-corrected chi connectivity index (χ3v) is 2.47. The summed E-state index contributed by atoms with van der Waals surface area (Å²) in [6.45, 7) is 3.69. The number of carbonyl (C=O) groups excluding carboxylic acids is 1. The summed E-state index contributed by atoms with van der Waals surface area (Å²) in [7, 11) is 0. The van der Waals surface area contributed by atoms with Gasteiger partial charge >= 0.3 is 5.97 Å². The van der Waals surface area contributed by atoms with Gasteiger partial charge < -0.3 is 4.74 Å². The molecule has 1 aliphatic heterocycles. The van der Waals surface area contributed by atoms with Gasteiger partial charge in [-0.05, 0) is 23.6 Å². The molecule has 0 fully saturated rings. The molecule has 0 aliphatic carbocycles. The van der Waals surface area contributed by atoms with Gasteiger partial charge in [0.15, 0.2) is 0 Å². The maximum absolute atomic E-state index is 11.2. The summed E-state index contributed by atoms with van der Waals surface area (Å²) < 4.78 is 4.75. The second-order valence-electron chi connectivity index (χ2n) is 3.52. The third kappa shape index (κ3) is 2.15. The van der Waals surface area contributed by atoms with Crippen molar-refractivity contribution in [2.45, 2.75) is 6.42 Å². The summed E-state index contributed by atoms with van der Waals surface area (Å²) in [4.78, 5) is 11.2.